The number of aromatic nitrogens is 1. The molecule has 0 aliphatic heterocycles. The number of ether oxygens (including phenoxy) is 1. The number of aromatic hydroxyl groups is 1. The molecule has 0 spiro atoms. The fraction of sp³-hybridized carbons (Fsp3) is 0.444. The summed E-state index contributed by atoms with van der Waals surface area (Å²) in [7, 11) is 1.89. The van der Waals surface area contributed by atoms with Crippen molar-refractivity contribution in [2.24, 2.45) is 12.8 Å². The predicted octanol–water partition coefficient (Wildman–Crippen LogP) is -0.137. The zero-order valence-corrected chi connectivity index (χ0v) is 7.95. The van der Waals surface area contributed by atoms with Gasteiger partial charge in [0.05, 0.1) is 0 Å². The third kappa shape index (κ3) is 2.09. The highest BCUT2D eigenvalue weighted by molar-refractivity contribution is 5.38. The summed E-state index contributed by atoms with van der Waals surface area (Å²) in [5.74, 6) is 0.666. The Hall–Kier alpha value is -1.29. The molecule has 1 rings (SSSR count). The van der Waals surface area contributed by atoms with E-state index in [4.69, 9.17) is 10.5 Å². The molecule has 0 aromatic carbocycles. The largest absolute Gasteiger partial charge is 0.504 e. The van der Waals surface area contributed by atoms with Crippen LogP contribution in [0.25, 0.3) is 0 Å². The van der Waals surface area contributed by atoms with Gasteiger partial charge in [0.25, 0.3) is 0 Å². The van der Waals surface area contributed by atoms with Gasteiger partial charge in [-0.1, -0.05) is 0 Å². The minimum atomic E-state index is 0.157. The molecule has 0 amide bonds. The molecular weight excluding hydrogens is 168 g/mol. The fourth-order valence-corrected chi connectivity index (χ4v) is 1.05. The zero-order valence-electron chi connectivity index (χ0n) is 7.95. The lowest BCUT2D eigenvalue weighted by atomic mass is 10.3. The molecule has 1 heterocycles. The average Bonchev–Trinajstić information content (AvgIpc) is 2.12. The van der Waals surface area contributed by atoms with Crippen LogP contribution in [0.5, 0.6) is 11.5 Å². The number of hydrogen-bond donors (Lipinski definition) is 2. The molecule has 1 aromatic heterocycles. The van der Waals surface area contributed by atoms with Gasteiger partial charge in [0.2, 0.25) is 11.4 Å². The molecule has 0 unspecified atom stereocenters. The van der Waals surface area contributed by atoms with Gasteiger partial charge in [0.1, 0.15) is 13.7 Å². The number of hydrogen-bond acceptors (Lipinski definition) is 3. The second kappa shape index (κ2) is 4.09. The van der Waals surface area contributed by atoms with E-state index in [9.17, 15) is 5.11 Å². The van der Waals surface area contributed by atoms with Crippen LogP contribution in [0, 0.1) is 6.92 Å². The normalized spacial score (nSPS) is 10.1. The van der Waals surface area contributed by atoms with Gasteiger partial charge in [-0.3, -0.25) is 0 Å². The van der Waals surface area contributed by atoms with Crippen LogP contribution < -0.4 is 15.0 Å². The van der Waals surface area contributed by atoms with Gasteiger partial charge in [-0.15, -0.1) is 0 Å². The van der Waals surface area contributed by atoms with Crippen molar-refractivity contribution in [2.45, 2.75) is 6.92 Å². The Labute approximate surface area is 77.6 Å². The minimum absolute atomic E-state index is 0.157. The molecular formula is C9H15N2O2+. The number of nitrogens with zero attached hydrogens (tertiary/aromatic N) is 1. The maximum atomic E-state index is 9.46. The van der Waals surface area contributed by atoms with E-state index in [1.807, 2.05) is 18.5 Å². The maximum Gasteiger partial charge on any atom is 0.228 e. The first-order chi connectivity index (χ1) is 6.16. The van der Waals surface area contributed by atoms with E-state index in [1.54, 1.807) is 12.3 Å². The molecule has 3 N–H and O–H groups in total. The van der Waals surface area contributed by atoms with Crippen molar-refractivity contribution in [3.8, 4) is 11.5 Å². The van der Waals surface area contributed by atoms with Crippen molar-refractivity contribution < 1.29 is 14.4 Å². The van der Waals surface area contributed by atoms with Gasteiger partial charge >= 0.3 is 0 Å². The lowest BCUT2D eigenvalue weighted by molar-refractivity contribution is -0.678. The molecule has 0 aliphatic carbocycles. The summed E-state index contributed by atoms with van der Waals surface area (Å²) in [5, 5.41) is 9.46. The first-order valence-electron chi connectivity index (χ1n) is 4.18. The third-order valence-electron chi connectivity index (χ3n) is 1.91. The van der Waals surface area contributed by atoms with Gasteiger partial charge in [-0.25, -0.2) is 4.57 Å². The topological polar surface area (TPSA) is 59.4 Å². The Kier molecular flexibility index (Phi) is 3.08. The first kappa shape index (κ1) is 9.80. The Balaban J connectivity index is 2.96. The quantitative estimate of drug-likeness (QED) is 0.641. The highest BCUT2D eigenvalue weighted by atomic mass is 16.5. The van der Waals surface area contributed by atoms with Gasteiger partial charge in [0.15, 0.2) is 11.9 Å². The van der Waals surface area contributed by atoms with Crippen LogP contribution in [0.15, 0.2) is 12.3 Å². The van der Waals surface area contributed by atoms with Crippen LogP contribution in [0.4, 0.5) is 0 Å². The lowest BCUT2D eigenvalue weighted by Gasteiger charge is -2.07. The molecule has 0 aliphatic rings. The summed E-state index contributed by atoms with van der Waals surface area (Å²) < 4.78 is 7.18. The Morgan fingerprint density at radius 1 is 1.62 bits per heavy atom. The van der Waals surface area contributed by atoms with Gasteiger partial charge < -0.3 is 15.6 Å². The molecule has 4 nitrogen and oxygen atoms in total. The van der Waals surface area contributed by atoms with Crippen molar-refractivity contribution >= 4 is 0 Å². The highest BCUT2D eigenvalue weighted by Gasteiger charge is 2.14. The van der Waals surface area contributed by atoms with E-state index in [2.05, 4.69) is 0 Å². The maximum absolute atomic E-state index is 9.46. The molecule has 13 heavy (non-hydrogen) atoms. The van der Waals surface area contributed by atoms with E-state index in [0.29, 0.717) is 18.9 Å². The molecule has 4 heteroatoms. The summed E-state index contributed by atoms with van der Waals surface area (Å²) in [5.41, 5.74) is 6.18. The van der Waals surface area contributed by atoms with Crippen molar-refractivity contribution in [1.29, 1.82) is 0 Å². The van der Waals surface area contributed by atoms with Crippen LogP contribution in [0.3, 0.4) is 0 Å². The van der Waals surface area contributed by atoms with Crippen molar-refractivity contribution in [1.82, 2.24) is 0 Å². The molecule has 0 bridgehead atoms. The molecule has 0 saturated heterocycles. The van der Waals surface area contributed by atoms with Crippen LogP contribution in [0.1, 0.15) is 5.69 Å². The monoisotopic (exact) mass is 183 g/mol. The number of pyridine rings is 1. The molecule has 72 valence electrons. The Morgan fingerprint density at radius 3 is 2.92 bits per heavy atom. The average molecular weight is 183 g/mol. The summed E-state index contributed by atoms with van der Waals surface area (Å²) in [4.78, 5) is 0. The zero-order chi connectivity index (χ0) is 9.84. The smallest absolute Gasteiger partial charge is 0.228 e. The van der Waals surface area contributed by atoms with Gasteiger partial charge in [-0.05, 0) is 0 Å². The van der Waals surface area contributed by atoms with Crippen molar-refractivity contribution in [3.05, 3.63) is 18.0 Å². The fourth-order valence-electron chi connectivity index (χ4n) is 1.05. The summed E-state index contributed by atoms with van der Waals surface area (Å²) in [6.45, 7) is 2.74. The molecule has 0 atom stereocenters. The van der Waals surface area contributed by atoms with Crippen LogP contribution >= 0.6 is 0 Å². The van der Waals surface area contributed by atoms with Crippen LogP contribution in [0.2, 0.25) is 0 Å². The van der Waals surface area contributed by atoms with E-state index < -0.39 is 0 Å². The lowest BCUT2D eigenvalue weighted by Crippen LogP contribution is -2.31. The van der Waals surface area contributed by atoms with E-state index in [0.717, 1.165) is 5.69 Å². The Morgan fingerprint density at radius 2 is 2.31 bits per heavy atom. The van der Waals surface area contributed by atoms with Crippen molar-refractivity contribution in [3.63, 3.8) is 0 Å². The number of rotatable bonds is 3. The van der Waals surface area contributed by atoms with Crippen LogP contribution in [-0.4, -0.2) is 18.3 Å². The van der Waals surface area contributed by atoms with Gasteiger partial charge in [-0.2, -0.15) is 0 Å². The highest BCUT2D eigenvalue weighted by Crippen LogP contribution is 2.26. The van der Waals surface area contributed by atoms with Gasteiger partial charge in [0, 0.05) is 19.5 Å². The predicted molar refractivity (Wildman–Crippen MR) is 48.6 cm³/mol. The van der Waals surface area contributed by atoms with E-state index >= 15 is 0 Å². The number of aryl methyl sites for hydroxylation is 1. The summed E-state index contributed by atoms with van der Waals surface area (Å²) in [6.07, 6.45) is 1.78. The summed E-state index contributed by atoms with van der Waals surface area (Å²) >= 11 is 0. The van der Waals surface area contributed by atoms with Crippen LogP contribution in [-0.2, 0) is 7.05 Å². The third-order valence-corrected chi connectivity index (χ3v) is 1.91. The first-order valence-corrected chi connectivity index (χ1v) is 4.18. The summed E-state index contributed by atoms with van der Waals surface area (Å²) in [6, 6.07) is 1.60. The minimum Gasteiger partial charge on any atom is -0.504 e. The van der Waals surface area contributed by atoms with E-state index in [1.165, 1.54) is 0 Å². The standard InChI is InChI=1S/C9H14N2O2/c1-7-9(13-6-4-10)8(12)3-5-11(7)2/h3,5H,4,6,10H2,1-2H3/p+1. The molecule has 0 fully saturated rings. The number of nitrogens with two attached hydrogens (primary N) is 1. The molecule has 0 radical (unpaired) electrons. The second-order valence-corrected chi connectivity index (χ2v) is 2.86. The SMILES string of the molecule is Cc1c(OCCN)c(O)cc[n+]1C. The van der Waals surface area contributed by atoms with E-state index in [-0.39, 0.29) is 5.75 Å². The molecule has 1 aromatic rings. The van der Waals surface area contributed by atoms with Crippen molar-refractivity contribution in [2.75, 3.05) is 13.2 Å². The Bertz CT molecular complexity index is 300. The molecule has 0 saturated carbocycles. The second-order valence-electron chi connectivity index (χ2n) is 2.86.